The lowest BCUT2D eigenvalue weighted by atomic mass is 9.91. The van der Waals surface area contributed by atoms with E-state index in [9.17, 15) is 19.8 Å². The molecule has 4 N–H and O–H groups in total. The zero-order valence-electron chi connectivity index (χ0n) is 27.4. The van der Waals surface area contributed by atoms with Crippen molar-refractivity contribution in [3.8, 4) is 0 Å². The number of benzene rings is 3. The van der Waals surface area contributed by atoms with Gasteiger partial charge in [0.25, 0.3) is 0 Å². The highest BCUT2D eigenvalue weighted by atomic mass is 79.9. The molecule has 3 aromatic rings. The average molecular weight is 724 g/mol. The molecule has 2 aliphatic rings. The fraction of sp³-hybridized carbons (Fsp3) is 0.459. The molecule has 2 amide bonds. The number of nitrogens with one attached hydrogen (secondary N) is 2. The molecule has 1 saturated heterocycles. The number of halogens is 1. The van der Waals surface area contributed by atoms with Crippen molar-refractivity contribution in [1.29, 1.82) is 0 Å². The normalized spacial score (nSPS) is 21.6. The maximum Gasteiger partial charge on any atom is 0.239 e. The third kappa shape index (κ3) is 9.68. The summed E-state index contributed by atoms with van der Waals surface area (Å²) in [5.41, 5.74) is 3.65. The Labute approximate surface area is 292 Å². The van der Waals surface area contributed by atoms with Crippen LogP contribution in [-0.2, 0) is 29.0 Å². The van der Waals surface area contributed by atoms with Gasteiger partial charge < -0.3 is 20.8 Å². The summed E-state index contributed by atoms with van der Waals surface area (Å²) in [5.74, 6) is -0.803. The number of piperazine rings is 1. The van der Waals surface area contributed by atoms with Gasteiger partial charge in [0.15, 0.2) is 0 Å². The van der Waals surface area contributed by atoms with Crippen LogP contribution in [-0.4, -0.2) is 81.8 Å². The molecule has 1 heterocycles. The first-order chi connectivity index (χ1) is 22.4. The summed E-state index contributed by atoms with van der Waals surface area (Å²) >= 11 is 8.16. The smallest absolute Gasteiger partial charge is 0.239 e. The number of aliphatic hydroxyl groups excluding tert-OH is 2. The van der Waals surface area contributed by atoms with Crippen molar-refractivity contribution in [3.63, 3.8) is 0 Å². The average Bonchev–Trinajstić information content (AvgIpc) is 3.33. The van der Waals surface area contributed by atoms with E-state index in [-0.39, 0.29) is 24.8 Å². The van der Waals surface area contributed by atoms with Crippen LogP contribution < -0.4 is 10.6 Å². The van der Waals surface area contributed by atoms with E-state index in [1.807, 2.05) is 93.6 Å². The number of fused-ring (bicyclic) bond motifs is 1. The van der Waals surface area contributed by atoms with Gasteiger partial charge in [0.2, 0.25) is 11.8 Å². The Bertz CT molecular complexity index is 1530. The highest BCUT2D eigenvalue weighted by molar-refractivity contribution is 9.10. The number of aliphatic hydroxyl groups is 2. The second-order valence-electron chi connectivity index (χ2n) is 14.0. The lowest BCUT2D eigenvalue weighted by Crippen LogP contribution is -2.61. The fourth-order valence-electron chi connectivity index (χ4n) is 6.73. The van der Waals surface area contributed by atoms with Crippen LogP contribution in [0.5, 0.6) is 0 Å². The molecule has 3 aromatic carbocycles. The minimum atomic E-state index is -0.845. The van der Waals surface area contributed by atoms with Crippen molar-refractivity contribution in [2.75, 3.05) is 26.2 Å². The van der Waals surface area contributed by atoms with Crippen LogP contribution in [0.3, 0.4) is 0 Å². The number of rotatable bonds is 11. The Morgan fingerprint density at radius 1 is 1.04 bits per heavy atom. The predicted octanol–water partition coefficient (Wildman–Crippen LogP) is 4.52. The topological polar surface area (TPSA) is 105 Å². The quantitative estimate of drug-likeness (QED) is 0.187. The number of β-amino-alcohol motifs (C(OH)–C–C–N with tert-alkyl or cyclic N) is 1. The first-order valence-corrected chi connectivity index (χ1v) is 17.6. The van der Waals surface area contributed by atoms with Crippen LogP contribution >= 0.6 is 28.6 Å². The van der Waals surface area contributed by atoms with Crippen molar-refractivity contribution in [1.82, 2.24) is 20.4 Å². The Kier molecular flexibility index (Phi) is 11.9. The van der Waals surface area contributed by atoms with Gasteiger partial charge >= 0.3 is 0 Å². The minimum Gasteiger partial charge on any atom is -0.392 e. The van der Waals surface area contributed by atoms with E-state index in [4.69, 9.17) is 0 Å². The molecule has 0 saturated carbocycles. The highest BCUT2D eigenvalue weighted by Crippen LogP contribution is 2.32. The van der Waals surface area contributed by atoms with Gasteiger partial charge in [-0.25, -0.2) is 0 Å². The first kappa shape index (κ1) is 35.6. The molecule has 5 rings (SSSR count). The summed E-state index contributed by atoms with van der Waals surface area (Å²) in [6.45, 7) is 8.65. The molecule has 0 aromatic heterocycles. The maximum atomic E-state index is 13.9. The summed E-state index contributed by atoms with van der Waals surface area (Å²) in [4.78, 5) is 32.7. The minimum absolute atomic E-state index is 0.0798. The third-order valence-electron chi connectivity index (χ3n) is 9.02. The Morgan fingerprint density at radius 2 is 1.77 bits per heavy atom. The molecule has 252 valence electrons. The van der Waals surface area contributed by atoms with Crippen molar-refractivity contribution in [2.24, 2.45) is 5.92 Å². The van der Waals surface area contributed by atoms with Gasteiger partial charge in [-0.3, -0.25) is 19.4 Å². The van der Waals surface area contributed by atoms with E-state index in [0.717, 1.165) is 38.2 Å². The van der Waals surface area contributed by atoms with Crippen LogP contribution in [0.2, 0.25) is 0 Å². The van der Waals surface area contributed by atoms with Crippen LogP contribution in [0.15, 0.2) is 82.2 Å². The summed E-state index contributed by atoms with van der Waals surface area (Å²) < 4.78 is 0.968. The zero-order chi connectivity index (χ0) is 33.7. The Hall–Kier alpha value is -2.73. The van der Waals surface area contributed by atoms with E-state index in [2.05, 4.69) is 49.0 Å². The first-order valence-electron chi connectivity index (χ1n) is 16.4. The van der Waals surface area contributed by atoms with Crippen LogP contribution in [0.4, 0.5) is 0 Å². The van der Waals surface area contributed by atoms with Gasteiger partial charge in [0.05, 0.1) is 18.2 Å². The zero-order valence-corrected chi connectivity index (χ0v) is 29.9. The van der Waals surface area contributed by atoms with Gasteiger partial charge in [-0.05, 0) is 68.0 Å². The van der Waals surface area contributed by atoms with Gasteiger partial charge in [-0.1, -0.05) is 76.6 Å². The van der Waals surface area contributed by atoms with Crippen molar-refractivity contribution >= 4 is 40.4 Å². The molecule has 0 spiro atoms. The van der Waals surface area contributed by atoms with Crippen molar-refractivity contribution in [3.05, 3.63) is 99.5 Å². The van der Waals surface area contributed by atoms with Crippen molar-refractivity contribution in [2.45, 2.75) is 81.3 Å². The molecule has 47 heavy (non-hydrogen) atoms. The second kappa shape index (κ2) is 15.7. The van der Waals surface area contributed by atoms with Crippen LogP contribution in [0, 0.1) is 5.92 Å². The molecule has 1 unspecified atom stereocenters. The Balaban J connectivity index is 1.29. The molecule has 1 aliphatic carbocycles. The van der Waals surface area contributed by atoms with E-state index in [0.29, 0.717) is 32.5 Å². The van der Waals surface area contributed by atoms with Gasteiger partial charge in [-0.2, -0.15) is 0 Å². The van der Waals surface area contributed by atoms with E-state index in [1.165, 1.54) is 0 Å². The molecule has 8 nitrogen and oxygen atoms in total. The molecule has 5 atom stereocenters. The number of thiol groups is 1. The molecular weight excluding hydrogens is 676 g/mol. The molecule has 1 aliphatic heterocycles. The predicted molar refractivity (Wildman–Crippen MR) is 191 cm³/mol. The van der Waals surface area contributed by atoms with Crippen molar-refractivity contribution < 1.29 is 19.8 Å². The maximum absolute atomic E-state index is 13.9. The number of carbonyl (C=O) groups is 2. The van der Waals surface area contributed by atoms with Crippen LogP contribution in [0.1, 0.15) is 55.5 Å². The highest BCUT2D eigenvalue weighted by Gasteiger charge is 2.37. The summed E-state index contributed by atoms with van der Waals surface area (Å²) in [6.07, 6.45) is -0.375. The lowest BCUT2D eigenvalue weighted by molar-refractivity contribution is -0.132. The van der Waals surface area contributed by atoms with Crippen LogP contribution in [0.25, 0.3) is 0 Å². The third-order valence-corrected chi connectivity index (χ3v) is 9.93. The van der Waals surface area contributed by atoms with E-state index >= 15 is 0 Å². The van der Waals surface area contributed by atoms with Gasteiger partial charge in [0, 0.05) is 60.0 Å². The number of amides is 2. The largest absolute Gasteiger partial charge is 0.392 e. The number of hydrogen-bond donors (Lipinski definition) is 5. The van der Waals surface area contributed by atoms with E-state index in [1.54, 1.807) is 0 Å². The summed E-state index contributed by atoms with van der Waals surface area (Å²) in [6, 6.07) is 22.7. The second-order valence-corrected chi connectivity index (χ2v) is 15.4. The molecule has 1 fully saturated rings. The monoisotopic (exact) mass is 722 g/mol. The fourth-order valence-corrected chi connectivity index (χ4v) is 7.55. The number of nitrogens with zero attached hydrogens (tertiary/aromatic N) is 2. The SMILES string of the molecule is CC(C)(C)NC(=O)[C@@H]1CN(Cc2ccc(Br)cc2S)CCN1C[C@@H](O)C[C@@H](Cc1ccccc1)C(=O)NC1c2ccccc2C[C@H]1O. The Morgan fingerprint density at radius 3 is 2.49 bits per heavy atom. The van der Waals surface area contributed by atoms with Gasteiger partial charge in [-0.15, -0.1) is 12.6 Å². The molecule has 0 bridgehead atoms. The molecule has 0 radical (unpaired) electrons. The molecule has 10 heteroatoms. The standard InChI is InChI=1S/C37H47BrN4O4S/c1-37(2,3)40-36(46)31-23-41(21-26-13-14-28(38)20-33(26)47)15-16-42(31)22-29(43)18-27(17-24-9-5-4-6-10-24)35(45)39-34-30-12-8-7-11-25(30)19-32(34)44/h4-14,20,27,29,31-32,34,43-44,47H,15-19,21-23H2,1-3H3,(H,39,45)(H,40,46)/t27-,29+,31+,32-,34?/m1/s1. The lowest BCUT2D eigenvalue weighted by Gasteiger charge is -2.42. The summed E-state index contributed by atoms with van der Waals surface area (Å²) in [5, 5.41) is 28.6. The van der Waals surface area contributed by atoms with Gasteiger partial charge in [0.1, 0.15) is 6.04 Å². The summed E-state index contributed by atoms with van der Waals surface area (Å²) in [7, 11) is 0. The van der Waals surface area contributed by atoms with E-state index < -0.39 is 35.7 Å². The number of carbonyl (C=O) groups excluding carboxylic acids is 2. The molecular formula is C37H47BrN4O4S. The number of hydrogen-bond acceptors (Lipinski definition) is 7.